The predicted octanol–water partition coefficient (Wildman–Crippen LogP) is 4.62. The van der Waals surface area contributed by atoms with Crippen LogP contribution in [0.5, 0.6) is 0 Å². The van der Waals surface area contributed by atoms with E-state index in [1.54, 1.807) is 4.90 Å². The first-order chi connectivity index (χ1) is 15.4. The summed E-state index contributed by atoms with van der Waals surface area (Å²) in [5, 5.41) is 2.93. The highest BCUT2D eigenvalue weighted by Crippen LogP contribution is 2.28. The third-order valence-electron chi connectivity index (χ3n) is 6.60. The number of nitrogens with two attached hydrogens (primary N) is 1. The number of carbonyl (C=O) groups excluding carboxylic acids is 2. The second-order valence-electron chi connectivity index (χ2n) is 8.92. The molecular weight excluding hydrogens is 412 g/mol. The van der Waals surface area contributed by atoms with Crippen LogP contribution in [0.4, 0.5) is 14.5 Å². The second-order valence-corrected chi connectivity index (χ2v) is 8.92. The van der Waals surface area contributed by atoms with Gasteiger partial charge in [0, 0.05) is 41.9 Å². The lowest BCUT2D eigenvalue weighted by molar-refractivity contribution is -0.122. The minimum absolute atomic E-state index is 0.0235. The molecule has 2 fully saturated rings. The van der Waals surface area contributed by atoms with E-state index in [1.807, 2.05) is 24.3 Å². The fourth-order valence-corrected chi connectivity index (χ4v) is 4.51. The van der Waals surface area contributed by atoms with E-state index in [2.05, 4.69) is 5.32 Å². The van der Waals surface area contributed by atoms with Crippen LogP contribution in [-0.4, -0.2) is 28.8 Å². The average molecular weight is 442 g/mol. The number of carbonyl (C=O) groups is 2. The van der Waals surface area contributed by atoms with Crippen LogP contribution in [0, 0.1) is 17.6 Å². The molecule has 0 bridgehead atoms. The van der Waals surface area contributed by atoms with Gasteiger partial charge in [-0.3, -0.25) is 9.59 Å². The molecule has 5 nitrogen and oxygen atoms in total. The van der Waals surface area contributed by atoms with Crippen LogP contribution in [0.15, 0.2) is 42.5 Å². The minimum Gasteiger partial charge on any atom is -0.330 e. The van der Waals surface area contributed by atoms with Crippen molar-refractivity contribution in [1.82, 2.24) is 4.90 Å². The molecule has 2 aliphatic rings. The molecule has 0 aliphatic heterocycles. The Hall–Kier alpha value is -2.80. The van der Waals surface area contributed by atoms with E-state index in [9.17, 15) is 18.4 Å². The van der Waals surface area contributed by atoms with Crippen LogP contribution < -0.4 is 11.1 Å². The largest absolute Gasteiger partial charge is 0.330 e. The Bertz CT molecular complexity index is 955. The maximum atomic E-state index is 13.8. The zero-order valence-corrected chi connectivity index (χ0v) is 18.0. The van der Waals surface area contributed by atoms with Crippen LogP contribution in [0.25, 0.3) is 0 Å². The van der Waals surface area contributed by atoms with E-state index in [0.717, 1.165) is 68.7 Å². The summed E-state index contributed by atoms with van der Waals surface area (Å²) in [6.07, 6.45) is 6.47. The van der Waals surface area contributed by atoms with E-state index in [0.29, 0.717) is 5.69 Å². The molecule has 0 radical (unpaired) electrons. The van der Waals surface area contributed by atoms with Crippen LogP contribution in [-0.2, 0) is 11.3 Å². The van der Waals surface area contributed by atoms with E-state index in [1.165, 1.54) is 0 Å². The van der Waals surface area contributed by atoms with Gasteiger partial charge >= 0.3 is 0 Å². The highest BCUT2D eigenvalue weighted by Gasteiger charge is 2.32. The Balaban J connectivity index is 1.53. The van der Waals surface area contributed by atoms with Crippen molar-refractivity contribution in [2.75, 3.05) is 5.32 Å². The number of nitrogens with zero attached hydrogens (tertiary/aromatic N) is 1. The van der Waals surface area contributed by atoms with Crippen LogP contribution in [0.1, 0.15) is 60.9 Å². The molecule has 2 unspecified atom stereocenters. The Morgan fingerprint density at radius 3 is 2.19 bits per heavy atom. The summed E-state index contributed by atoms with van der Waals surface area (Å²) in [6, 6.07) is 9.83. The van der Waals surface area contributed by atoms with Gasteiger partial charge in [0.1, 0.15) is 11.6 Å². The van der Waals surface area contributed by atoms with Gasteiger partial charge in [-0.2, -0.15) is 0 Å². The normalized spacial score (nSPS) is 21.0. The number of hydrogen-bond donors (Lipinski definition) is 2. The summed E-state index contributed by atoms with van der Waals surface area (Å²) in [4.78, 5) is 27.1. The monoisotopic (exact) mass is 441 g/mol. The quantitative estimate of drug-likeness (QED) is 0.687. The van der Waals surface area contributed by atoms with Crippen LogP contribution in [0.2, 0.25) is 0 Å². The lowest BCUT2D eigenvalue weighted by Crippen LogP contribution is -2.51. The summed E-state index contributed by atoms with van der Waals surface area (Å²) in [7, 11) is 0. The zero-order chi connectivity index (χ0) is 22.7. The molecule has 2 aliphatic carbocycles. The second kappa shape index (κ2) is 9.77. The molecule has 4 rings (SSSR count). The van der Waals surface area contributed by atoms with Gasteiger partial charge in [0.2, 0.25) is 5.91 Å². The first kappa shape index (κ1) is 22.4. The molecule has 170 valence electrons. The van der Waals surface area contributed by atoms with Gasteiger partial charge in [-0.25, -0.2) is 8.78 Å². The number of halogens is 2. The van der Waals surface area contributed by atoms with Crippen molar-refractivity contribution in [2.24, 2.45) is 11.7 Å². The van der Waals surface area contributed by atoms with Crippen molar-refractivity contribution in [1.29, 1.82) is 0 Å². The van der Waals surface area contributed by atoms with E-state index in [4.69, 9.17) is 5.73 Å². The van der Waals surface area contributed by atoms with Crippen molar-refractivity contribution in [3.63, 3.8) is 0 Å². The standard InChI is InChI=1S/C25H29F2N3O2/c26-19-12-18(13-20(27)14-19)25(32)30(23-7-2-1-6-22(23)28)15-16-8-10-21(11-9-16)29-24(31)17-4-3-5-17/h8-14,17,22-23H,1-7,15,28H2,(H,29,31). The predicted molar refractivity (Wildman–Crippen MR) is 119 cm³/mol. The van der Waals surface area contributed by atoms with Crippen molar-refractivity contribution >= 4 is 17.5 Å². The highest BCUT2D eigenvalue weighted by molar-refractivity contribution is 5.94. The molecule has 0 spiro atoms. The van der Waals surface area contributed by atoms with Gasteiger partial charge in [-0.15, -0.1) is 0 Å². The maximum absolute atomic E-state index is 13.8. The molecule has 32 heavy (non-hydrogen) atoms. The van der Waals surface area contributed by atoms with Gasteiger partial charge in [-0.1, -0.05) is 31.4 Å². The van der Waals surface area contributed by atoms with Gasteiger partial charge in [0.25, 0.3) is 5.91 Å². The number of anilines is 1. The molecule has 0 heterocycles. The molecule has 2 amide bonds. The number of nitrogens with one attached hydrogen (secondary N) is 1. The van der Waals surface area contributed by atoms with Gasteiger partial charge in [-0.05, 0) is 55.5 Å². The zero-order valence-electron chi connectivity index (χ0n) is 18.0. The SMILES string of the molecule is NC1CCCCC1N(Cc1ccc(NC(=O)C2CCC2)cc1)C(=O)c1cc(F)cc(F)c1. The number of amides is 2. The Morgan fingerprint density at radius 2 is 1.59 bits per heavy atom. The molecule has 2 aromatic carbocycles. The summed E-state index contributed by atoms with van der Waals surface area (Å²) < 4.78 is 27.5. The molecule has 0 saturated heterocycles. The molecule has 2 aromatic rings. The molecule has 2 atom stereocenters. The van der Waals surface area contributed by atoms with Crippen molar-refractivity contribution in [3.8, 4) is 0 Å². The van der Waals surface area contributed by atoms with Gasteiger partial charge in [0.05, 0.1) is 0 Å². The molecule has 0 aromatic heterocycles. The first-order valence-corrected chi connectivity index (χ1v) is 11.3. The molecular formula is C25H29F2N3O2. The summed E-state index contributed by atoms with van der Waals surface area (Å²) in [5.74, 6) is -1.86. The fraction of sp³-hybridized carbons (Fsp3) is 0.440. The number of rotatable bonds is 6. The maximum Gasteiger partial charge on any atom is 0.254 e. The Labute approximate surface area is 187 Å². The molecule has 2 saturated carbocycles. The van der Waals surface area contributed by atoms with E-state index < -0.39 is 17.5 Å². The lowest BCUT2D eigenvalue weighted by Gasteiger charge is -2.38. The van der Waals surface area contributed by atoms with E-state index >= 15 is 0 Å². The third kappa shape index (κ3) is 5.15. The summed E-state index contributed by atoms with van der Waals surface area (Å²) in [6.45, 7) is 0.270. The molecule has 3 N–H and O–H groups in total. The van der Waals surface area contributed by atoms with Gasteiger partial charge in [0.15, 0.2) is 0 Å². The lowest BCUT2D eigenvalue weighted by atomic mass is 9.85. The fourth-order valence-electron chi connectivity index (χ4n) is 4.51. The Kier molecular flexibility index (Phi) is 6.84. The topological polar surface area (TPSA) is 75.4 Å². The third-order valence-corrected chi connectivity index (χ3v) is 6.60. The van der Waals surface area contributed by atoms with Crippen molar-refractivity contribution < 1.29 is 18.4 Å². The number of hydrogen-bond acceptors (Lipinski definition) is 3. The smallest absolute Gasteiger partial charge is 0.254 e. The van der Waals surface area contributed by atoms with E-state index in [-0.39, 0.29) is 36.0 Å². The Morgan fingerprint density at radius 1 is 0.938 bits per heavy atom. The highest BCUT2D eigenvalue weighted by atomic mass is 19.1. The average Bonchev–Trinajstić information content (AvgIpc) is 2.71. The number of benzene rings is 2. The minimum atomic E-state index is -0.784. The molecule has 7 heteroatoms. The van der Waals surface area contributed by atoms with Crippen molar-refractivity contribution in [2.45, 2.75) is 63.6 Å². The van der Waals surface area contributed by atoms with Gasteiger partial charge < -0.3 is 16.0 Å². The summed E-state index contributed by atoms with van der Waals surface area (Å²) >= 11 is 0. The van der Waals surface area contributed by atoms with Crippen LogP contribution >= 0.6 is 0 Å². The van der Waals surface area contributed by atoms with Crippen LogP contribution in [0.3, 0.4) is 0 Å². The first-order valence-electron chi connectivity index (χ1n) is 11.3. The summed E-state index contributed by atoms with van der Waals surface area (Å²) in [5.41, 5.74) is 7.89. The van der Waals surface area contributed by atoms with Crippen molar-refractivity contribution in [3.05, 3.63) is 65.2 Å².